The second-order valence-electron chi connectivity index (χ2n) is 10.0. The van der Waals surface area contributed by atoms with E-state index in [1.807, 2.05) is 0 Å². The van der Waals surface area contributed by atoms with Crippen LogP contribution in [0.25, 0.3) is 27.5 Å². The van der Waals surface area contributed by atoms with Gasteiger partial charge in [-0.15, -0.1) is 0 Å². The molecule has 11 nitrogen and oxygen atoms in total. The van der Waals surface area contributed by atoms with Gasteiger partial charge in [-0.3, -0.25) is 4.79 Å². The normalized spacial score (nSPS) is 17.8. The molecule has 1 aliphatic heterocycles. The Morgan fingerprint density at radius 2 is 1.84 bits per heavy atom. The fraction of sp³-hybridized carbons (Fsp3) is 0.214. The molecule has 5 aromatic rings. The van der Waals surface area contributed by atoms with Crippen molar-refractivity contribution in [3.05, 3.63) is 78.2 Å². The quantitative estimate of drug-likeness (QED) is 0.271. The van der Waals surface area contributed by atoms with Crippen LogP contribution < -0.4 is 15.8 Å². The highest BCUT2D eigenvalue weighted by atomic mass is 32.2. The van der Waals surface area contributed by atoms with Gasteiger partial charge in [0.25, 0.3) is 5.91 Å². The Morgan fingerprint density at radius 1 is 1.09 bits per heavy atom. The standard InChI is InChI=1S/C28H23F4N7O4S/c1-43-27-18(9-16(11-34-27)22-10-19(28(30,31)32)24-25(33)35-14-36-39(22)24)26(40)37-21-13-38(12-20(21)29)44(41,42)23-8-4-6-15-5-2-3-7-17(15)23/h2-11,14,20-21H,12-13H2,1H3,(H,37,40)(H2,33,35,36)/t20-,21+/m0/s1. The number of rotatable bonds is 6. The van der Waals surface area contributed by atoms with Crippen LogP contribution in [0.4, 0.5) is 23.4 Å². The molecule has 0 saturated carbocycles. The average molecular weight is 630 g/mol. The molecule has 2 atom stereocenters. The number of hydrogen-bond acceptors (Lipinski definition) is 8. The number of sulfonamides is 1. The highest BCUT2D eigenvalue weighted by molar-refractivity contribution is 7.89. The number of nitrogen functional groups attached to an aromatic ring is 1. The first kappa shape index (κ1) is 29.3. The summed E-state index contributed by atoms with van der Waals surface area (Å²) in [6, 6.07) is 12.5. The van der Waals surface area contributed by atoms with Gasteiger partial charge in [0.2, 0.25) is 15.9 Å². The monoisotopic (exact) mass is 629 g/mol. The second-order valence-corrected chi connectivity index (χ2v) is 11.9. The van der Waals surface area contributed by atoms with Crippen LogP contribution in [-0.2, 0) is 16.2 Å². The summed E-state index contributed by atoms with van der Waals surface area (Å²) in [6.07, 6.45) is -4.38. The first-order valence-electron chi connectivity index (χ1n) is 13.1. The van der Waals surface area contributed by atoms with E-state index in [0.29, 0.717) is 10.8 Å². The molecule has 0 spiro atoms. The Labute approximate surface area is 247 Å². The smallest absolute Gasteiger partial charge is 0.418 e. The molecule has 0 radical (unpaired) electrons. The van der Waals surface area contributed by atoms with Crippen LogP contribution in [-0.4, -0.2) is 70.6 Å². The molecule has 2 aromatic carbocycles. The maximum Gasteiger partial charge on any atom is 0.418 e. The lowest BCUT2D eigenvalue weighted by molar-refractivity contribution is -0.136. The molecular weight excluding hydrogens is 606 g/mol. The van der Waals surface area contributed by atoms with Gasteiger partial charge in [0.05, 0.1) is 29.3 Å². The minimum absolute atomic E-state index is 0.00967. The molecular formula is C28H23F4N7O4S. The number of aromatic nitrogens is 4. The lowest BCUT2D eigenvalue weighted by Gasteiger charge is -2.18. The van der Waals surface area contributed by atoms with Gasteiger partial charge in [-0.25, -0.2) is 27.3 Å². The van der Waals surface area contributed by atoms with Crippen molar-refractivity contribution in [1.82, 2.24) is 29.2 Å². The van der Waals surface area contributed by atoms with E-state index in [1.54, 1.807) is 36.4 Å². The molecule has 0 unspecified atom stereocenters. The first-order valence-corrected chi connectivity index (χ1v) is 14.5. The molecule has 0 bridgehead atoms. The molecule has 1 amide bonds. The number of ether oxygens (including phenoxy) is 1. The van der Waals surface area contributed by atoms with Gasteiger partial charge >= 0.3 is 6.18 Å². The maximum absolute atomic E-state index is 15.2. The van der Waals surface area contributed by atoms with E-state index >= 15 is 4.39 Å². The van der Waals surface area contributed by atoms with Gasteiger partial charge in [0, 0.05) is 30.2 Å². The summed E-state index contributed by atoms with van der Waals surface area (Å²) in [5, 5.41) is 7.56. The summed E-state index contributed by atoms with van der Waals surface area (Å²) in [5.74, 6) is -1.47. The van der Waals surface area contributed by atoms with E-state index in [4.69, 9.17) is 10.5 Å². The Hall–Kier alpha value is -4.83. The number of nitrogens with two attached hydrogens (primary N) is 1. The highest BCUT2D eigenvalue weighted by Gasteiger charge is 2.41. The van der Waals surface area contributed by atoms with Gasteiger partial charge in [-0.05, 0) is 23.6 Å². The fourth-order valence-corrected chi connectivity index (χ4v) is 6.96. The Bertz CT molecular complexity index is 2030. The van der Waals surface area contributed by atoms with Crippen LogP contribution in [0.5, 0.6) is 5.88 Å². The molecule has 228 valence electrons. The maximum atomic E-state index is 15.2. The number of anilines is 1. The summed E-state index contributed by atoms with van der Waals surface area (Å²) < 4.78 is 90.8. The van der Waals surface area contributed by atoms with Crippen LogP contribution in [0, 0.1) is 0 Å². The number of nitrogens with one attached hydrogen (secondary N) is 1. The summed E-state index contributed by atoms with van der Waals surface area (Å²) >= 11 is 0. The Balaban J connectivity index is 1.30. The third kappa shape index (κ3) is 4.94. The summed E-state index contributed by atoms with van der Waals surface area (Å²) in [5.41, 5.74) is 3.88. The molecule has 3 aromatic heterocycles. The number of alkyl halides is 4. The summed E-state index contributed by atoms with van der Waals surface area (Å²) in [6.45, 7) is -0.855. The molecule has 44 heavy (non-hydrogen) atoms. The molecule has 4 heterocycles. The van der Waals surface area contributed by atoms with Gasteiger partial charge < -0.3 is 15.8 Å². The van der Waals surface area contributed by atoms with Crippen molar-refractivity contribution >= 4 is 38.0 Å². The third-order valence-corrected chi connectivity index (χ3v) is 9.26. The van der Waals surface area contributed by atoms with Crippen molar-refractivity contribution in [2.24, 2.45) is 0 Å². The lowest BCUT2D eigenvalue weighted by atomic mass is 10.1. The number of halogens is 4. The minimum Gasteiger partial charge on any atom is -0.480 e. The van der Waals surface area contributed by atoms with Gasteiger partial charge in [0.1, 0.15) is 23.6 Å². The SMILES string of the molecule is COc1ncc(-c2cc(C(F)(F)F)c3c(N)ncnn23)cc1C(=O)N[C@@H]1CN(S(=O)(=O)c2cccc3ccccc23)C[C@@H]1F. The average Bonchev–Trinajstić information content (AvgIpc) is 3.58. The largest absolute Gasteiger partial charge is 0.480 e. The van der Waals surface area contributed by atoms with Crippen molar-refractivity contribution in [3.8, 4) is 17.1 Å². The number of fused-ring (bicyclic) bond motifs is 2. The van der Waals surface area contributed by atoms with E-state index in [1.165, 1.54) is 25.4 Å². The van der Waals surface area contributed by atoms with E-state index < -0.39 is 57.8 Å². The molecule has 16 heteroatoms. The molecule has 1 saturated heterocycles. The van der Waals surface area contributed by atoms with Crippen molar-refractivity contribution in [2.75, 3.05) is 25.9 Å². The summed E-state index contributed by atoms with van der Waals surface area (Å²) in [7, 11) is -2.90. The molecule has 3 N–H and O–H groups in total. The van der Waals surface area contributed by atoms with Gasteiger partial charge in [-0.1, -0.05) is 36.4 Å². The Morgan fingerprint density at radius 3 is 2.59 bits per heavy atom. The number of hydrogen-bond donors (Lipinski definition) is 2. The van der Waals surface area contributed by atoms with Crippen LogP contribution in [0.15, 0.2) is 72.0 Å². The number of carbonyl (C=O) groups is 1. The second kappa shape index (κ2) is 10.7. The van der Waals surface area contributed by atoms with Crippen molar-refractivity contribution in [1.29, 1.82) is 0 Å². The van der Waals surface area contributed by atoms with Crippen LogP contribution in [0.3, 0.4) is 0 Å². The highest BCUT2D eigenvalue weighted by Crippen LogP contribution is 2.39. The van der Waals surface area contributed by atoms with E-state index in [-0.39, 0.29) is 34.1 Å². The topological polar surface area (TPSA) is 145 Å². The number of methoxy groups -OCH3 is 1. The Kier molecular flexibility index (Phi) is 7.12. The van der Waals surface area contributed by atoms with E-state index in [9.17, 15) is 26.4 Å². The minimum atomic E-state index is -4.79. The van der Waals surface area contributed by atoms with Gasteiger partial charge in [-0.2, -0.15) is 22.6 Å². The number of nitrogens with zero attached hydrogens (tertiary/aromatic N) is 5. The number of amides is 1. The third-order valence-electron chi connectivity index (χ3n) is 7.37. The summed E-state index contributed by atoms with van der Waals surface area (Å²) in [4.78, 5) is 21.1. The first-order chi connectivity index (χ1) is 20.9. The lowest BCUT2D eigenvalue weighted by Crippen LogP contribution is -2.42. The molecule has 1 aliphatic rings. The van der Waals surface area contributed by atoms with Crippen molar-refractivity contribution in [3.63, 3.8) is 0 Å². The predicted octanol–water partition coefficient (Wildman–Crippen LogP) is 3.70. The van der Waals surface area contributed by atoms with Crippen molar-refractivity contribution < 1.29 is 35.5 Å². The van der Waals surface area contributed by atoms with Crippen LogP contribution >= 0.6 is 0 Å². The molecule has 0 aliphatic carbocycles. The van der Waals surface area contributed by atoms with Crippen LogP contribution in [0.1, 0.15) is 15.9 Å². The number of carbonyl (C=O) groups excluding carboxylic acids is 1. The number of pyridine rings is 1. The molecule has 6 rings (SSSR count). The van der Waals surface area contributed by atoms with Gasteiger partial charge in [0.15, 0.2) is 5.82 Å². The number of benzene rings is 2. The zero-order valence-electron chi connectivity index (χ0n) is 22.8. The van der Waals surface area contributed by atoms with E-state index in [0.717, 1.165) is 21.2 Å². The zero-order valence-corrected chi connectivity index (χ0v) is 23.6. The van der Waals surface area contributed by atoms with Crippen molar-refractivity contribution in [2.45, 2.75) is 23.3 Å². The zero-order chi connectivity index (χ0) is 31.4. The van der Waals surface area contributed by atoms with Crippen LogP contribution in [0.2, 0.25) is 0 Å². The van der Waals surface area contributed by atoms with E-state index in [2.05, 4.69) is 20.4 Å². The molecule has 1 fully saturated rings. The predicted molar refractivity (Wildman–Crippen MR) is 151 cm³/mol. The fourth-order valence-electron chi connectivity index (χ4n) is 5.28.